The van der Waals surface area contributed by atoms with Gasteiger partial charge in [-0.25, -0.2) is 9.18 Å². The molecule has 31 heavy (non-hydrogen) atoms. The fraction of sp³-hybridized carbons (Fsp3) is 0.217. The van der Waals surface area contributed by atoms with E-state index in [9.17, 15) is 14.0 Å². The number of amides is 1. The molecular weight excluding hydrogens is 421 g/mol. The number of methoxy groups -OCH3 is 2. The molecule has 1 amide bonds. The van der Waals surface area contributed by atoms with E-state index < -0.39 is 5.97 Å². The third-order valence-corrected chi connectivity index (χ3v) is 5.42. The van der Waals surface area contributed by atoms with Crippen LogP contribution >= 0.6 is 11.3 Å². The molecule has 0 radical (unpaired) electrons. The van der Waals surface area contributed by atoms with Crippen LogP contribution in [0.4, 0.5) is 9.39 Å². The number of hydrogen-bond acceptors (Lipinski definition) is 6. The Balaban J connectivity index is 1.88. The Kier molecular flexibility index (Phi) is 7.25. The first kappa shape index (κ1) is 22.3. The van der Waals surface area contributed by atoms with Gasteiger partial charge in [0.15, 0.2) is 0 Å². The summed E-state index contributed by atoms with van der Waals surface area (Å²) in [5.41, 5.74) is 2.14. The molecule has 8 heteroatoms. The van der Waals surface area contributed by atoms with E-state index in [1.54, 1.807) is 49.7 Å². The molecule has 0 saturated heterocycles. The SMILES string of the molecule is CCOC(=O)c1c(-c2ccc(F)cc2)csc1NC(=O)Cc1ccc(OC)cc1OC. The number of benzene rings is 2. The zero-order chi connectivity index (χ0) is 22.4. The highest BCUT2D eigenvalue weighted by Crippen LogP contribution is 2.36. The van der Waals surface area contributed by atoms with Gasteiger partial charge >= 0.3 is 5.97 Å². The van der Waals surface area contributed by atoms with Crippen molar-refractivity contribution in [3.8, 4) is 22.6 Å². The minimum atomic E-state index is -0.555. The molecule has 1 aromatic heterocycles. The summed E-state index contributed by atoms with van der Waals surface area (Å²) in [6.07, 6.45) is 0.0409. The van der Waals surface area contributed by atoms with E-state index >= 15 is 0 Å². The fourth-order valence-electron chi connectivity index (χ4n) is 3.04. The maximum Gasteiger partial charge on any atom is 0.341 e. The Bertz CT molecular complexity index is 1080. The van der Waals surface area contributed by atoms with Crippen LogP contribution in [0.25, 0.3) is 11.1 Å². The van der Waals surface area contributed by atoms with Gasteiger partial charge in [0.1, 0.15) is 27.9 Å². The first-order valence-electron chi connectivity index (χ1n) is 9.52. The molecule has 0 bridgehead atoms. The lowest BCUT2D eigenvalue weighted by Gasteiger charge is -2.11. The average Bonchev–Trinajstić information content (AvgIpc) is 3.18. The van der Waals surface area contributed by atoms with Gasteiger partial charge in [-0.3, -0.25) is 4.79 Å². The zero-order valence-electron chi connectivity index (χ0n) is 17.4. The second-order valence-corrected chi connectivity index (χ2v) is 7.36. The largest absolute Gasteiger partial charge is 0.497 e. The van der Waals surface area contributed by atoms with E-state index in [0.717, 1.165) is 0 Å². The van der Waals surface area contributed by atoms with Crippen LogP contribution in [-0.4, -0.2) is 32.7 Å². The predicted molar refractivity (Wildman–Crippen MR) is 118 cm³/mol. The molecule has 162 valence electrons. The molecule has 3 aromatic rings. The van der Waals surface area contributed by atoms with E-state index in [1.807, 2.05) is 0 Å². The molecule has 0 aliphatic carbocycles. The highest BCUT2D eigenvalue weighted by Gasteiger charge is 2.23. The molecule has 0 fully saturated rings. The van der Waals surface area contributed by atoms with Gasteiger partial charge in [0.2, 0.25) is 5.91 Å². The molecule has 6 nitrogen and oxygen atoms in total. The van der Waals surface area contributed by atoms with Crippen molar-refractivity contribution in [2.45, 2.75) is 13.3 Å². The number of nitrogens with one attached hydrogen (secondary N) is 1. The first-order chi connectivity index (χ1) is 15.0. The van der Waals surface area contributed by atoms with Crippen LogP contribution in [0.15, 0.2) is 47.8 Å². The molecule has 0 saturated carbocycles. The molecule has 0 atom stereocenters. The summed E-state index contributed by atoms with van der Waals surface area (Å²) in [6.45, 7) is 1.89. The van der Waals surface area contributed by atoms with Crippen LogP contribution in [-0.2, 0) is 16.0 Å². The summed E-state index contributed by atoms with van der Waals surface area (Å²) >= 11 is 1.21. The maximum absolute atomic E-state index is 13.3. The summed E-state index contributed by atoms with van der Waals surface area (Å²) in [5, 5.41) is 4.91. The van der Waals surface area contributed by atoms with Gasteiger partial charge in [0.25, 0.3) is 0 Å². The van der Waals surface area contributed by atoms with Crippen molar-refractivity contribution in [1.82, 2.24) is 0 Å². The van der Waals surface area contributed by atoms with Crippen LogP contribution in [0, 0.1) is 5.82 Å². The van der Waals surface area contributed by atoms with Crippen molar-refractivity contribution >= 4 is 28.2 Å². The molecule has 1 heterocycles. The standard InChI is InChI=1S/C23H22FNO5S/c1-4-30-23(27)21-18(14-5-8-16(24)9-6-14)13-31-22(21)25-20(26)11-15-7-10-17(28-2)12-19(15)29-3/h5-10,12-13H,4,11H2,1-3H3,(H,25,26). The average molecular weight is 443 g/mol. The van der Waals surface area contributed by atoms with Crippen LogP contribution < -0.4 is 14.8 Å². The normalized spacial score (nSPS) is 10.5. The molecule has 0 aliphatic rings. The van der Waals surface area contributed by atoms with Crippen LogP contribution in [0.5, 0.6) is 11.5 Å². The lowest BCUT2D eigenvalue weighted by atomic mass is 10.0. The molecule has 2 aromatic carbocycles. The van der Waals surface area contributed by atoms with Crippen molar-refractivity contribution in [1.29, 1.82) is 0 Å². The molecule has 0 spiro atoms. The van der Waals surface area contributed by atoms with Crippen LogP contribution in [0.1, 0.15) is 22.8 Å². The van der Waals surface area contributed by atoms with Gasteiger partial charge in [0, 0.05) is 22.6 Å². The minimum Gasteiger partial charge on any atom is -0.497 e. The van der Waals surface area contributed by atoms with Gasteiger partial charge in [-0.2, -0.15) is 0 Å². The Morgan fingerprint density at radius 2 is 1.81 bits per heavy atom. The zero-order valence-corrected chi connectivity index (χ0v) is 18.2. The number of thiophene rings is 1. The minimum absolute atomic E-state index is 0.0409. The van der Waals surface area contributed by atoms with Gasteiger partial charge in [-0.1, -0.05) is 18.2 Å². The Morgan fingerprint density at radius 3 is 2.45 bits per heavy atom. The maximum atomic E-state index is 13.3. The topological polar surface area (TPSA) is 73.9 Å². The van der Waals surface area contributed by atoms with Crippen LogP contribution in [0.3, 0.4) is 0 Å². The van der Waals surface area contributed by atoms with E-state index in [4.69, 9.17) is 14.2 Å². The molecular formula is C23H22FNO5S. The summed E-state index contributed by atoms with van der Waals surface area (Å²) < 4.78 is 29.0. The van der Waals surface area contributed by atoms with Gasteiger partial charge in [0.05, 0.1) is 27.2 Å². The second-order valence-electron chi connectivity index (χ2n) is 6.48. The van der Waals surface area contributed by atoms with Crippen LogP contribution in [0.2, 0.25) is 0 Å². The van der Waals surface area contributed by atoms with E-state index in [-0.39, 0.29) is 30.3 Å². The second kappa shape index (κ2) is 10.1. The number of halogens is 1. The number of carbonyl (C=O) groups is 2. The smallest absolute Gasteiger partial charge is 0.341 e. The number of anilines is 1. The molecule has 0 unspecified atom stereocenters. The predicted octanol–water partition coefficient (Wildman–Crippen LogP) is 4.93. The first-order valence-corrected chi connectivity index (χ1v) is 10.4. The lowest BCUT2D eigenvalue weighted by Crippen LogP contribution is -2.17. The van der Waals surface area contributed by atoms with Crippen molar-refractivity contribution in [2.75, 3.05) is 26.1 Å². The van der Waals surface area contributed by atoms with E-state index in [1.165, 1.54) is 30.6 Å². The van der Waals surface area contributed by atoms with E-state index in [2.05, 4.69) is 5.32 Å². The number of ether oxygens (including phenoxy) is 3. The number of carbonyl (C=O) groups excluding carboxylic acids is 2. The summed E-state index contributed by atoms with van der Waals surface area (Å²) in [4.78, 5) is 25.4. The third-order valence-electron chi connectivity index (χ3n) is 4.52. The van der Waals surface area contributed by atoms with Gasteiger partial charge in [-0.05, 0) is 30.7 Å². The fourth-order valence-corrected chi connectivity index (χ4v) is 4.01. The molecule has 0 aliphatic heterocycles. The quantitative estimate of drug-likeness (QED) is 0.500. The number of hydrogen-bond donors (Lipinski definition) is 1. The summed E-state index contributed by atoms with van der Waals surface area (Å²) in [6, 6.07) is 11.0. The molecule has 1 N–H and O–H groups in total. The summed E-state index contributed by atoms with van der Waals surface area (Å²) in [5.74, 6) is -0.105. The van der Waals surface area contributed by atoms with Crippen molar-refractivity contribution in [3.63, 3.8) is 0 Å². The lowest BCUT2D eigenvalue weighted by molar-refractivity contribution is -0.115. The third kappa shape index (κ3) is 5.21. The van der Waals surface area contributed by atoms with Crippen molar-refractivity contribution < 1.29 is 28.2 Å². The van der Waals surface area contributed by atoms with Gasteiger partial charge in [-0.15, -0.1) is 11.3 Å². The van der Waals surface area contributed by atoms with Crippen molar-refractivity contribution in [2.24, 2.45) is 0 Å². The van der Waals surface area contributed by atoms with Crippen molar-refractivity contribution in [3.05, 3.63) is 64.8 Å². The monoisotopic (exact) mass is 443 g/mol. The molecule has 3 rings (SSSR count). The number of esters is 1. The summed E-state index contributed by atoms with van der Waals surface area (Å²) in [7, 11) is 3.07. The van der Waals surface area contributed by atoms with E-state index in [0.29, 0.717) is 33.2 Å². The Hall–Kier alpha value is -3.39. The number of rotatable bonds is 8. The Labute approximate surface area is 183 Å². The van der Waals surface area contributed by atoms with Gasteiger partial charge < -0.3 is 19.5 Å². The Morgan fingerprint density at radius 1 is 1.06 bits per heavy atom. The highest BCUT2D eigenvalue weighted by molar-refractivity contribution is 7.15. The highest BCUT2D eigenvalue weighted by atomic mass is 32.1.